The maximum Gasteiger partial charge on any atom is 0.0334 e. The normalized spacial score (nSPS) is 36.3. The fraction of sp³-hybridized carbons (Fsp3) is 1.00. The van der Waals surface area contributed by atoms with E-state index < -0.39 is 0 Å². The minimum atomic E-state index is 0.310. The van der Waals surface area contributed by atoms with Crippen molar-refractivity contribution >= 4 is 0 Å². The van der Waals surface area contributed by atoms with Gasteiger partial charge in [0.25, 0.3) is 0 Å². The number of nitrogens with two attached hydrogens (primary N) is 1. The first kappa shape index (κ1) is 15.8. The van der Waals surface area contributed by atoms with Crippen molar-refractivity contribution in [1.82, 2.24) is 9.80 Å². The maximum atomic E-state index is 6.33. The summed E-state index contributed by atoms with van der Waals surface area (Å²) in [5, 5.41) is 0. The molecule has 2 N–H and O–H groups in total. The van der Waals surface area contributed by atoms with Gasteiger partial charge in [-0.1, -0.05) is 19.8 Å². The van der Waals surface area contributed by atoms with Crippen LogP contribution >= 0.6 is 0 Å². The van der Waals surface area contributed by atoms with Crippen LogP contribution in [0.15, 0.2) is 0 Å². The number of rotatable bonds is 5. The average Bonchev–Trinajstić information content (AvgIpc) is 3.39. The third kappa shape index (κ3) is 3.30. The molecule has 122 valence electrons. The molecule has 1 heterocycles. The fourth-order valence-electron chi connectivity index (χ4n) is 5.02. The first-order valence-electron chi connectivity index (χ1n) is 9.34. The molecule has 21 heavy (non-hydrogen) atoms. The Bertz CT molecular complexity index is 333. The molecule has 1 saturated heterocycles. The Morgan fingerprint density at radius 3 is 2.38 bits per heavy atom. The van der Waals surface area contributed by atoms with Crippen LogP contribution in [0.5, 0.6) is 0 Å². The highest BCUT2D eigenvalue weighted by Gasteiger charge is 2.45. The largest absolute Gasteiger partial charge is 0.329 e. The quantitative estimate of drug-likeness (QED) is 0.846. The molecular formula is C18H35N3. The summed E-state index contributed by atoms with van der Waals surface area (Å²) >= 11 is 0. The zero-order valence-electron chi connectivity index (χ0n) is 14.2. The van der Waals surface area contributed by atoms with Gasteiger partial charge < -0.3 is 10.6 Å². The third-order valence-electron chi connectivity index (χ3n) is 6.83. The van der Waals surface area contributed by atoms with Crippen LogP contribution in [-0.2, 0) is 0 Å². The van der Waals surface area contributed by atoms with Gasteiger partial charge in [-0.2, -0.15) is 0 Å². The first-order valence-corrected chi connectivity index (χ1v) is 9.34. The van der Waals surface area contributed by atoms with E-state index in [9.17, 15) is 0 Å². The second-order valence-electron chi connectivity index (χ2n) is 7.90. The van der Waals surface area contributed by atoms with Crippen molar-refractivity contribution in [1.29, 1.82) is 0 Å². The van der Waals surface area contributed by atoms with E-state index in [2.05, 4.69) is 23.8 Å². The van der Waals surface area contributed by atoms with Crippen LogP contribution < -0.4 is 5.73 Å². The highest BCUT2D eigenvalue weighted by Crippen LogP contribution is 2.48. The summed E-state index contributed by atoms with van der Waals surface area (Å²) in [5.41, 5.74) is 6.64. The van der Waals surface area contributed by atoms with E-state index in [0.717, 1.165) is 24.4 Å². The smallest absolute Gasteiger partial charge is 0.0334 e. The molecule has 0 radical (unpaired) electrons. The molecule has 0 aromatic rings. The minimum absolute atomic E-state index is 0.310. The first-order chi connectivity index (χ1) is 10.2. The molecule has 0 aromatic heterocycles. The topological polar surface area (TPSA) is 32.5 Å². The van der Waals surface area contributed by atoms with E-state index >= 15 is 0 Å². The van der Waals surface area contributed by atoms with E-state index in [4.69, 9.17) is 5.73 Å². The zero-order chi connectivity index (χ0) is 14.9. The number of likely N-dealkylation sites (N-methyl/N-ethyl adjacent to an activating group) is 1. The van der Waals surface area contributed by atoms with Gasteiger partial charge in [0.05, 0.1) is 0 Å². The Morgan fingerprint density at radius 1 is 1.10 bits per heavy atom. The molecule has 3 rings (SSSR count). The van der Waals surface area contributed by atoms with Gasteiger partial charge in [0.1, 0.15) is 0 Å². The van der Waals surface area contributed by atoms with Crippen molar-refractivity contribution in [3.63, 3.8) is 0 Å². The van der Waals surface area contributed by atoms with Gasteiger partial charge in [0.2, 0.25) is 0 Å². The van der Waals surface area contributed by atoms with Crippen molar-refractivity contribution in [2.75, 3.05) is 33.2 Å². The Labute approximate surface area is 131 Å². The van der Waals surface area contributed by atoms with Gasteiger partial charge in [-0.05, 0) is 77.0 Å². The van der Waals surface area contributed by atoms with Gasteiger partial charge >= 0.3 is 0 Å². The van der Waals surface area contributed by atoms with E-state index in [-0.39, 0.29) is 0 Å². The summed E-state index contributed by atoms with van der Waals surface area (Å²) in [6.45, 7) is 6.91. The number of likely N-dealkylation sites (tertiary alicyclic amines) is 1. The minimum Gasteiger partial charge on any atom is -0.329 e. The van der Waals surface area contributed by atoms with Gasteiger partial charge in [-0.3, -0.25) is 4.90 Å². The van der Waals surface area contributed by atoms with E-state index in [1.807, 2.05) is 0 Å². The Balaban J connectivity index is 1.63. The van der Waals surface area contributed by atoms with Gasteiger partial charge in [0, 0.05) is 18.1 Å². The van der Waals surface area contributed by atoms with Crippen LogP contribution in [0.1, 0.15) is 58.3 Å². The predicted octanol–water partition coefficient (Wildman–Crippen LogP) is 2.70. The Morgan fingerprint density at radius 2 is 1.81 bits per heavy atom. The molecule has 3 nitrogen and oxygen atoms in total. The zero-order valence-corrected chi connectivity index (χ0v) is 14.2. The van der Waals surface area contributed by atoms with Crippen LogP contribution in [0.3, 0.4) is 0 Å². The van der Waals surface area contributed by atoms with Crippen LogP contribution in [0.25, 0.3) is 0 Å². The molecule has 3 heteroatoms. The summed E-state index contributed by atoms with van der Waals surface area (Å²) < 4.78 is 0. The lowest BCUT2D eigenvalue weighted by Crippen LogP contribution is -2.60. The number of hydrogen-bond acceptors (Lipinski definition) is 3. The second-order valence-corrected chi connectivity index (χ2v) is 7.90. The fourth-order valence-corrected chi connectivity index (χ4v) is 5.02. The van der Waals surface area contributed by atoms with Gasteiger partial charge in [-0.25, -0.2) is 0 Å². The molecular weight excluding hydrogens is 258 g/mol. The molecule has 2 aliphatic carbocycles. The predicted molar refractivity (Wildman–Crippen MR) is 89.4 cm³/mol. The SMILES string of the molecule is CCN1CCC(N(C)C2(CN)CCCC(C3CC3)C2)CC1. The second kappa shape index (κ2) is 6.55. The maximum absolute atomic E-state index is 6.33. The summed E-state index contributed by atoms with van der Waals surface area (Å²) in [7, 11) is 2.38. The molecule has 1 aliphatic heterocycles. The number of piperidine rings is 1. The Hall–Kier alpha value is -0.120. The van der Waals surface area contributed by atoms with Gasteiger partial charge in [-0.15, -0.1) is 0 Å². The summed E-state index contributed by atoms with van der Waals surface area (Å²) in [6, 6.07) is 0.759. The van der Waals surface area contributed by atoms with Crippen molar-refractivity contribution < 1.29 is 0 Å². The molecule has 2 saturated carbocycles. The molecule has 2 unspecified atom stereocenters. The molecule has 0 aromatic carbocycles. The van der Waals surface area contributed by atoms with Crippen molar-refractivity contribution in [2.24, 2.45) is 17.6 Å². The molecule has 3 fully saturated rings. The van der Waals surface area contributed by atoms with Crippen molar-refractivity contribution in [3.05, 3.63) is 0 Å². The molecule has 0 amide bonds. The molecule has 0 bridgehead atoms. The molecule has 2 atom stereocenters. The monoisotopic (exact) mass is 293 g/mol. The lowest BCUT2D eigenvalue weighted by Gasteiger charge is -2.51. The van der Waals surface area contributed by atoms with E-state index in [1.54, 1.807) is 0 Å². The lowest BCUT2D eigenvalue weighted by molar-refractivity contribution is -0.00169. The lowest BCUT2D eigenvalue weighted by atomic mass is 9.72. The summed E-state index contributed by atoms with van der Waals surface area (Å²) in [4.78, 5) is 5.32. The summed E-state index contributed by atoms with van der Waals surface area (Å²) in [6.07, 6.45) is 11.2. The number of hydrogen-bond donors (Lipinski definition) is 1. The third-order valence-corrected chi connectivity index (χ3v) is 6.83. The van der Waals surface area contributed by atoms with Gasteiger partial charge in [0.15, 0.2) is 0 Å². The molecule has 0 spiro atoms. The van der Waals surface area contributed by atoms with Crippen LogP contribution in [0.2, 0.25) is 0 Å². The highest BCUT2D eigenvalue weighted by atomic mass is 15.2. The standard InChI is InChI=1S/C18H35N3/c1-3-21-11-8-17(9-12-21)20(2)18(14-19)10-4-5-16(13-18)15-6-7-15/h15-17H,3-14,19H2,1-2H3. The Kier molecular flexibility index (Phi) is 4.92. The molecule has 3 aliphatic rings. The van der Waals surface area contributed by atoms with Crippen molar-refractivity contribution in [2.45, 2.75) is 69.9 Å². The van der Waals surface area contributed by atoms with E-state index in [1.165, 1.54) is 71.0 Å². The van der Waals surface area contributed by atoms with Crippen LogP contribution in [0.4, 0.5) is 0 Å². The van der Waals surface area contributed by atoms with E-state index in [0.29, 0.717) is 5.54 Å². The average molecular weight is 293 g/mol. The number of nitrogens with zero attached hydrogens (tertiary/aromatic N) is 2. The highest BCUT2D eigenvalue weighted by molar-refractivity contribution is 5.01. The van der Waals surface area contributed by atoms with Crippen LogP contribution in [0, 0.1) is 11.8 Å². The van der Waals surface area contributed by atoms with Crippen molar-refractivity contribution in [3.8, 4) is 0 Å². The van der Waals surface area contributed by atoms with Crippen LogP contribution in [-0.4, -0.2) is 54.6 Å². The summed E-state index contributed by atoms with van der Waals surface area (Å²) in [5.74, 6) is 2.02.